The minimum absolute atomic E-state index is 0.114. The van der Waals surface area contributed by atoms with E-state index in [0.717, 1.165) is 0 Å². The Balaban J connectivity index is 1.83. The molecule has 2 aromatic rings. The lowest BCUT2D eigenvalue weighted by atomic mass is 10.1. The van der Waals surface area contributed by atoms with Gasteiger partial charge in [0.05, 0.1) is 32.1 Å². The second-order valence-electron chi connectivity index (χ2n) is 6.73. The quantitative estimate of drug-likeness (QED) is 0.820. The highest BCUT2D eigenvalue weighted by atomic mass is 19.4. The van der Waals surface area contributed by atoms with Gasteiger partial charge in [0.25, 0.3) is 0 Å². The first-order valence-corrected chi connectivity index (χ1v) is 9.30. The Labute approximate surface area is 165 Å². The molecule has 0 aromatic carbocycles. The van der Waals surface area contributed by atoms with E-state index in [1.54, 1.807) is 6.07 Å². The van der Waals surface area contributed by atoms with Crippen LogP contribution in [0, 0.1) is 0 Å². The summed E-state index contributed by atoms with van der Waals surface area (Å²) < 4.78 is 51.8. The Morgan fingerprint density at radius 1 is 0.931 bits per heavy atom. The first-order chi connectivity index (χ1) is 13.9. The van der Waals surface area contributed by atoms with Gasteiger partial charge in [0.1, 0.15) is 17.2 Å². The number of nitrogens with two attached hydrogens (primary N) is 1. The van der Waals surface area contributed by atoms with Crippen molar-refractivity contribution in [2.24, 2.45) is 0 Å². The average Bonchev–Trinajstić information content (AvgIpc) is 2.73. The Kier molecular flexibility index (Phi) is 5.41. The maximum Gasteiger partial charge on any atom is 0.420 e. The minimum Gasteiger partial charge on any atom is -0.383 e. The van der Waals surface area contributed by atoms with Gasteiger partial charge in [-0.15, -0.1) is 0 Å². The second-order valence-corrected chi connectivity index (χ2v) is 6.73. The summed E-state index contributed by atoms with van der Waals surface area (Å²) in [5.41, 5.74) is 4.63. The zero-order chi connectivity index (χ0) is 20.4. The molecule has 29 heavy (non-hydrogen) atoms. The summed E-state index contributed by atoms with van der Waals surface area (Å²) in [6, 6.07) is 2.85. The van der Waals surface area contributed by atoms with Crippen molar-refractivity contribution >= 4 is 17.6 Å². The summed E-state index contributed by atoms with van der Waals surface area (Å²) in [4.78, 5) is 16.6. The monoisotopic (exact) mass is 410 g/mol. The SMILES string of the molecule is Nc1nccc(-c2cc(N3CCOCC3)nc(N3CCOCC3)n2)c1C(F)(F)F. The number of ether oxygens (including phenoxy) is 2. The molecule has 2 saturated heterocycles. The maximum absolute atomic E-state index is 13.7. The molecule has 0 unspecified atom stereocenters. The Morgan fingerprint density at radius 2 is 1.55 bits per heavy atom. The van der Waals surface area contributed by atoms with E-state index in [1.807, 2.05) is 9.80 Å². The summed E-state index contributed by atoms with van der Waals surface area (Å²) in [5, 5.41) is 0. The molecule has 2 fully saturated rings. The van der Waals surface area contributed by atoms with Crippen LogP contribution in [0.15, 0.2) is 18.3 Å². The number of anilines is 3. The molecule has 156 valence electrons. The summed E-state index contributed by atoms with van der Waals surface area (Å²) >= 11 is 0. The molecule has 0 radical (unpaired) electrons. The van der Waals surface area contributed by atoms with Gasteiger partial charge >= 0.3 is 6.18 Å². The van der Waals surface area contributed by atoms with Crippen LogP contribution < -0.4 is 15.5 Å². The van der Waals surface area contributed by atoms with Crippen molar-refractivity contribution < 1.29 is 22.6 Å². The zero-order valence-electron chi connectivity index (χ0n) is 15.7. The molecule has 2 aliphatic heterocycles. The predicted molar refractivity (Wildman–Crippen MR) is 101 cm³/mol. The van der Waals surface area contributed by atoms with Gasteiger partial charge in [-0.3, -0.25) is 0 Å². The summed E-state index contributed by atoms with van der Waals surface area (Å²) in [6.07, 6.45) is -3.40. The van der Waals surface area contributed by atoms with Crippen LogP contribution in [-0.4, -0.2) is 67.6 Å². The van der Waals surface area contributed by atoms with Gasteiger partial charge in [-0.2, -0.15) is 18.2 Å². The maximum atomic E-state index is 13.7. The standard InChI is InChI=1S/C18H21F3N6O2/c19-18(20,21)15-12(1-2-23-16(15)22)13-11-14(26-3-7-28-8-4-26)25-17(24-13)27-5-9-29-10-6-27/h1-2,11H,3-10H2,(H2,22,23). The van der Waals surface area contributed by atoms with E-state index in [9.17, 15) is 13.2 Å². The molecular weight excluding hydrogens is 389 g/mol. The average molecular weight is 410 g/mol. The van der Waals surface area contributed by atoms with Crippen molar-refractivity contribution in [3.63, 3.8) is 0 Å². The van der Waals surface area contributed by atoms with E-state index in [2.05, 4.69) is 15.0 Å². The summed E-state index contributed by atoms with van der Waals surface area (Å²) in [6.45, 7) is 4.41. The molecule has 4 rings (SSSR count). The molecule has 2 aromatic heterocycles. The number of rotatable bonds is 3. The fourth-order valence-corrected chi connectivity index (χ4v) is 3.41. The number of morpholine rings is 2. The van der Waals surface area contributed by atoms with E-state index in [-0.39, 0.29) is 11.3 Å². The highest BCUT2D eigenvalue weighted by Gasteiger charge is 2.37. The van der Waals surface area contributed by atoms with E-state index in [4.69, 9.17) is 15.2 Å². The number of hydrogen-bond acceptors (Lipinski definition) is 8. The van der Waals surface area contributed by atoms with Crippen LogP contribution in [0.1, 0.15) is 5.56 Å². The predicted octanol–water partition coefficient (Wildman–Crippen LogP) is 1.81. The lowest BCUT2D eigenvalue weighted by molar-refractivity contribution is -0.136. The van der Waals surface area contributed by atoms with Crippen molar-refractivity contribution in [1.82, 2.24) is 15.0 Å². The third kappa shape index (κ3) is 4.20. The molecule has 0 aliphatic carbocycles. The van der Waals surface area contributed by atoms with Crippen molar-refractivity contribution in [3.05, 3.63) is 23.9 Å². The number of nitrogen functional groups attached to an aromatic ring is 1. The molecular formula is C18H21F3N6O2. The molecule has 2 aliphatic rings. The van der Waals surface area contributed by atoms with Gasteiger partial charge in [0.2, 0.25) is 5.95 Å². The number of pyridine rings is 1. The van der Waals surface area contributed by atoms with Gasteiger partial charge in [0.15, 0.2) is 0 Å². The van der Waals surface area contributed by atoms with E-state index >= 15 is 0 Å². The van der Waals surface area contributed by atoms with E-state index < -0.39 is 17.6 Å². The van der Waals surface area contributed by atoms with Crippen LogP contribution in [0.4, 0.5) is 30.8 Å². The van der Waals surface area contributed by atoms with Crippen molar-refractivity contribution in [1.29, 1.82) is 0 Å². The fraction of sp³-hybridized carbons (Fsp3) is 0.500. The Bertz CT molecular complexity index is 831. The van der Waals surface area contributed by atoms with Crippen LogP contribution in [0.5, 0.6) is 0 Å². The molecule has 8 nitrogen and oxygen atoms in total. The van der Waals surface area contributed by atoms with Crippen LogP contribution in [0.25, 0.3) is 11.3 Å². The topological polar surface area (TPSA) is 89.6 Å². The summed E-state index contributed by atoms with van der Waals surface area (Å²) in [5.74, 6) is 0.355. The number of alkyl halides is 3. The van der Waals surface area contributed by atoms with Crippen LogP contribution in [-0.2, 0) is 15.7 Å². The van der Waals surface area contributed by atoms with E-state index in [1.165, 1.54) is 12.3 Å². The molecule has 11 heteroatoms. The van der Waals surface area contributed by atoms with Crippen molar-refractivity contribution in [3.8, 4) is 11.3 Å². The number of nitrogens with zero attached hydrogens (tertiary/aromatic N) is 5. The Hall–Kier alpha value is -2.66. The normalized spacial score (nSPS) is 18.2. The lowest BCUT2D eigenvalue weighted by Crippen LogP contribution is -2.39. The van der Waals surface area contributed by atoms with Crippen LogP contribution >= 0.6 is 0 Å². The van der Waals surface area contributed by atoms with Crippen molar-refractivity contribution in [2.75, 3.05) is 68.1 Å². The third-order valence-electron chi connectivity index (χ3n) is 4.87. The van der Waals surface area contributed by atoms with Crippen LogP contribution in [0.2, 0.25) is 0 Å². The van der Waals surface area contributed by atoms with Crippen molar-refractivity contribution in [2.45, 2.75) is 6.18 Å². The first kappa shape index (κ1) is 19.6. The highest BCUT2D eigenvalue weighted by molar-refractivity contribution is 5.72. The Morgan fingerprint density at radius 3 is 2.17 bits per heavy atom. The minimum atomic E-state index is -4.66. The highest BCUT2D eigenvalue weighted by Crippen LogP contribution is 2.40. The smallest absolute Gasteiger partial charge is 0.383 e. The number of aromatic nitrogens is 3. The number of halogens is 3. The molecule has 2 N–H and O–H groups in total. The van der Waals surface area contributed by atoms with Crippen LogP contribution in [0.3, 0.4) is 0 Å². The molecule has 0 saturated carbocycles. The van der Waals surface area contributed by atoms with E-state index in [0.29, 0.717) is 64.4 Å². The first-order valence-electron chi connectivity index (χ1n) is 9.30. The third-order valence-corrected chi connectivity index (χ3v) is 4.87. The molecule has 4 heterocycles. The van der Waals surface area contributed by atoms with Gasteiger partial charge in [-0.05, 0) is 6.07 Å². The second kappa shape index (κ2) is 7.99. The lowest BCUT2D eigenvalue weighted by Gasteiger charge is -2.31. The molecule has 0 amide bonds. The van der Waals surface area contributed by atoms with Gasteiger partial charge in [0, 0.05) is 44.0 Å². The van der Waals surface area contributed by atoms with Gasteiger partial charge in [-0.25, -0.2) is 9.97 Å². The largest absolute Gasteiger partial charge is 0.420 e. The fourth-order valence-electron chi connectivity index (χ4n) is 3.41. The van der Waals surface area contributed by atoms with Gasteiger partial charge < -0.3 is 25.0 Å². The molecule has 0 atom stereocenters. The zero-order valence-corrected chi connectivity index (χ0v) is 15.7. The molecule has 0 spiro atoms. The summed E-state index contributed by atoms with van der Waals surface area (Å²) in [7, 11) is 0. The van der Waals surface area contributed by atoms with Gasteiger partial charge in [-0.1, -0.05) is 0 Å². The molecule has 0 bridgehead atoms. The number of hydrogen-bond donors (Lipinski definition) is 1.